The van der Waals surface area contributed by atoms with Crippen molar-refractivity contribution in [2.75, 3.05) is 0 Å². The largest absolute Gasteiger partial charge is 0.477 e. The van der Waals surface area contributed by atoms with Crippen molar-refractivity contribution in [3.05, 3.63) is 51.7 Å². The Kier molecular flexibility index (Phi) is 4.14. The second-order valence-corrected chi connectivity index (χ2v) is 4.64. The maximum absolute atomic E-state index is 10.7. The predicted octanol–water partition coefficient (Wildman–Crippen LogP) is 4.24. The van der Waals surface area contributed by atoms with Crippen LogP contribution in [0.3, 0.4) is 0 Å². The molecule has 1 aromatic carbocycles. The van der Waals surface area contributed by atoms with E-state index in [4.69, 9.17) is 38.0 Å². The summed E-state index contributed by atoms with van der Waals surface area (Å²) >= 11 is 11.9. The van der Waals surface area contributed by atoms with E-state index in [2.05, 4.69) is 0 Å². The first-order valence-corrected chi connectivity index (χ1v) is 6.17. The van der Waals surface area contributed by atoms with Crippen molar-refractivity contribution in [1.82, 2.24) is 0 Å². The van der Waals surface area contributed by atoms with Gasteiger partial charge in [-0.05, 0) is 30.3 Å². The highest BCUT2D eigenvalue weighted by Gasteiger charge is 2.11. The Morgan fingerprint density at radius 1 is 1.30 bits per heavy atom. The van der Waals surface area contributed by atoms with E-state index in [1.165, 1.54) is 0 Å². The molecule has 0 fully saturated rings. The standard InChI is InChI=1S/C14H7Cl2NO3/c15-9-1-3-11(12(16)6-9)13-4-2-10(20-13)5-8(7-17)14(18)19/h1-6H,(H,18,19). The van der Waals surface area contributed by atoms with Crippen LogP contribution >= 0.6 is 23.2 Å². The van der Waals surface area contributed by atoms with E-state index in [1.54, 1.807) is 36.4 Å². The normalized spacial score (nSPS) is 11.2. The number of carboxylic acid groups (broad SMARTS) is 1. The molecule has 0 bridgehead atoms. The number of nitrogens with zero attached hydrogens (tertiary/aromatic N) is 1. The fraction of sp³-hybridized carbons (Fsp3) is 0. The van der Waals surface area contributed by atoms with Gasteiger partial charge in [-0.3, -0.25) is 0 Å². The minimum absolute atomic E-state index is 0.255. The van der Waals surface area contributed by atoms with E-state index >= 15 is 0 Å². The Hall–Kier alpha value is -2.22. The fourth-order valence-electron chi connectivity index (χ4n) is 1.55. The summed E-state index contributed by atoms with van der Waals surface area (Å²) in [6.45, 7) is 0. The summed E-state index contributed by atoms with van der Waals surface area (Å²) in [6, 6.07) is 9.71. The molecule has 0 aliphatic heterocycles. The van der Waals surface area contributed by atoms with Crippen LogP contribution in [0.1, 0.15) is 5.76 Å². The summed E-state index contributed by atoms with van der Waals surface area (Å²) in [5, 5.41) is 18.4. The van der Waals surface area contributed by atoms with Gasteiger partial charge in [0.2, 0.25) is 0 Å². The molecule has 2 rings (SSSR count). The van der Waals surface area contributed by atoms with Crippen molar-refractivity contribution < 1.29 is 14.3 Å². The van der Waals surface area contributed by atoms with Crippen LogP contribution in [0, 0.1) is 11.3 Å². The number of hydrogen-bond donors (Lipinski definition) is 1. The average Bonchev–Trinajstić information content (AvgIpc) is 2.83. The first kappa shape index (κ1) is 14.2. The Bertz CT molecular complexity index is 741. The number of halogens is 2. The molecular weight excluding hydrogens is 301 g/mol. The van der Waals surface area contributed by atoms with Crippen LogP contribution in [-0.4, -0.2) is 11.1 Å². The zero-order chi connectivity index (χ0) is 14.7. The number of benzene rings is 1. The van der Waals surface area contributed by atoms with Crippen LogP contribution < -0.4 is 0 Å². The van der Waals surface area contributed by atoms with Gasteiger partial charge in [-0.2, -0.15) is 5.26 Å². The van der Waals surface area contributed by atoms with Gasteiger partial charge in [-0.1, -0.05) is 23.2 Å². The molecule has 1 N–H and O–H groups in total. The van der Waals surface area contributed by atoms with Crippen molar-refractivity contribution in [2.45, 2.75) is 0 Å². The molecule has 0 amide bonds. The Balaban J connectivity index is 2.39. The minimum Gasteiger partial charge on any atom is -0.477 e. The number of carboxylic acids is 1. The number of furan rings is 1. The summed E-state index contributed by atoms with van der Waals surface area (Å²) in [7, 11) is 0. The van der Waals surface area contributed by atoms with E-state index in [9.17, 15) is 4.79 Å². The molecular formula is C14H7Cl2NO3. The van der Waals surface area contributed by atoms with E-state index in [0.717, 1.165) is 6.08 Å². The molecule has 1 heterocycles. The van der Waals surface area contributed by atoms with Crippen LogP contribution in [-0.2, 0) is 4.79 Å². The van der Waals surface area contributed by atoms with Crippen LogP contribution in [0.25, 0.3) is 17.4 Å². The first-order valence-electron chi connectivity index (χ1n) is 5.41. The molecule has 2 aromatic rings. The van der Waals surface area contributed by atoms with Gasteiger partial charge in [0.1, 0.15) is 23.2 Å². The van der Waals surface area contributed by atoms with Crippen molar-refractivity contribution in [1.29, 1.82) is 5.26 Å². The maximum Gasteiger partial charge on any atom is 0.346 e. The molecule has 0 aliphatic rings. The third-order valence-electron chi connectivity index (χ3n) is 2.46. The summed E-state index contributed by atoms with van der Waals surface area (Å²) in [6.07, 6.45) is 1.15. The van der Waals surface area contributed by atoms with Gasteiger partial charge in [0.15, 0.2) is 0 Å². The number of nitriles is 1. The zero-order valence-corrected chi connectivity index (χ0v) is 11.4. The SMILES string of the molecule is N#CC(=Cc1ccc(-c2ccc(Cl)cc2Cl)o1)C(=O)O. The van der Waals surface area contributed by atoms with Crippen molar-refractivity contribution in [2.24, 2.45) is 0 Å². The summed E-state index contributed by atoms with van der Waals surface area (Å²) in [5.74, 6) is -0.597. The summed E-state index contributed by atoms with van der Waals surface area (Å²) in [5.41, 5.74) is 0.220. The monoisotopic (exact) mass is 307 g/mol. The van der Waals surface area contributed by atoms with Gasteiger partial charge < -0.3 is 9.52 Å². The van der Waals surface area contributed by atoms with Gasteiger partial charge >= 0.3 is 5.97 Å². The topological polar surface area (TPSA) is 74.2 Å². The van der Waals surface area contributed by atoms with Gasteiger partial charge in [0.05, 0.1) is 5.02 Å². The van der Waals surface area contributed by atoms with Crippen molar-refractivity contribution in [3.8, 4) is 17.4 Å². The van der Waals surface area contributed by atoms with Crippen LogP contribution in [0.15, 0.2) is 40.3 Å². The number of hydrogen-bond acceptors (Lipinski definition) is 3. The smallest absolute Gasteiger partial charge is 0.346 e. The van der Waals surface area contributed by atoms with Gasteiger partial charge in [0, 0.05) is 16.7 Å². The average molecular weight is 308 g/mol. The highest BCUT2D eigenvalue weighted by molar-refractivity contribution is 6.36. The number of rotatable bonds is 3. The lowest BCUT2D eigenvalue weighted by molar-refractivity contribution is -0.132. The lowest BCUT2D eigenvalue weighted by Crippen LogP contribution is -1.96. The molecule has 0 spiro atoms. The van der Waals surface area contributed by atoms with E-state index in [-0.39, 0.29) is 5.76 Å². The van der Waals surface area contributed by atoms with E-state index in [0.29, 0.717) is 21.4 Å². The second kappa shape index (κ2) is 5.83. The van der Waals surface area contributed by atoms with Crippen LogP contribution in [0.4, 0.5) is 0 Å². The fourth-order valence-corrected chi connectivity index (χ4v) is 2.05. The lowest BCUT2D eigenvalue weighted by atomic mass is 10.2. The van der Waals surface area contributed by atoms with E-state index in [1.807, 2.05) is 0 Å². The maximum atomic E-state index is 10.7. The molecule has 0 radical (unpaired) electrons. The molecule has 4 nitrogen and oxygen atoms in total. The molecule has 1 aromatic heterocycles. The molecule has 20 heavy (non-hydrogen) atoms. The van der Waals surface area contributed by atoms with E-state index < -0.39 is 11.5 Å². The number of carbonyl (C=O) groups is 1. The van der Waals surface area contributed by atoms with Gasteiger partial charge in [-0.15, -0.1) is 0 Å². The quantitative estimate of drug-likeness (QED) is 0.679. The zero-order valence-electron chi connectivity index (χ0n) is 9.93. The van der Waals surface area contributed by atoms with Gasteiger partial charge in [0.25, 0.3) is 0 Å². The van der Waals surface area contributed by atoms with Crippen molar-refractivity contribution in [3.63, 3.8) is 0 Å². The Morgan fingerprint density at radius 2 is 2.05 bits per heavy atom. The molecule has 0 atom stereocenters. The van der Waals surface area contributed by atoms with Crippen LogP contribution in [0.2, 0.25) is 10.0 Å². The Morgan fingerprint density at radius 3 is 2.65 bits per heavy atom. The number of aliphatic carboxylic acids is 1. The summed E-state index contributed by atoms with van der Waals surface area (Å²) in [4.78, 5) is 10.7. The lowest BCUT2D eigenvalue weighted by Gasteiger charge is -2.00. The van der Waals surface area contributed by atoms with Crippen LogP contribution in [0.5, 0.6) is 0 Å². The molecule has 0 unspecified atom stereocenters. The third-order valence-corrected chi connectivity index (χ3v) is 3.01. The molecule has 0 aliphatic carbocycles. The van der Waals surface area contributed by atoms with Crippen molar-refractivity contribution >= 4 is 35.2 Å². The summed E-state index contributed by atoms with van der Waals surface area (Å²) < 4.78 is 5.45. The third kappa shape index (κ3) is 3.02. The molecule has 100 valence electrons. The molecule has 0 saturated carbocycles. The highest BCUT2D eigenvalue weighted by atomic mass is 35.5. The van der Waals surface area contributed by atoms with Gasteiger partial charge in [-0.25, -0.2) is 4.79 Å². The molecule has 0 saturated heterocycles. The molecule has 6 heteroatoms. The first-order chi connectivity index (χ1) is 9.51. The Labute approximate surface area is 124 Å². The highest BCUT2D eigenvalue weighted by Crippen LogP contribution is 2.31. The predicted molar refractivity (Wildman–Crippen MR) is 75.4 cm³/mol. The second-order valence-electron chi connectivity index (χ2n) is 3.80. The minimum atomic E-state index is -1.31.